The minimum Gasteiger partial charge on any atom is -0.508 e. The lowest BCUT2D eigenvalue weighted by Crippen LogP contribution is -2.31. The molecule has 0 aliphatic rings. The first-order chi connectivity index (χ1) is 7.24. The van der Waals surface area contributed by atoms with Gasteiger partial charge in [-0.05, 0) is 24.7 Å². The minimum absolute atomic E-state index is 0.106. The largest absolute Gasteiger partial charge is 0.508 e. The molecule has 3 N–H and O–H groups in total. The number of nitrogens with one attached hydrogen (secondary N) is 2. The SMILES string of the molecule is CCNCCNC(=O)c1cccc(O)c1. The van der Waals surface area contributed by atoms with Gasteiger partial charge >= 0.3 is 0 Å². The lowest BCUT2D eigenvalue weighted by atomic mass is 10.2. The number of amides is 1. The summed E-state index contributed by atoms with van der Waals surface area (Å²) < 4.78 is 0. The molecular formula is C11H16N2O2. The molecule has 0 fully saturated rings. The second-order valence-corrected chi connectivity index (χ2v) is 3.16. The van der Waals surface area contributed by atoms with E-state index in [4.69, 9.17) is 0 Å². The van der Waals surface area contributed by atoms with Gasteiger partial charge in [0.1, 0.15) is 5.75 Å². The third-order valence-corrected chi connectivity index (χ3v) is 1.95. The zero-order chi connectivity index (χ0) is 11.1. The molecule has 0 saturated carbocycles. The van der Waals surface area contributed by atoms with Crippen LogP contribution in [0.4, 0.5) is 0 Å². The average molecular weight is 208 g/mol. The molecular weight excluding hydrogens is 192 g/mol. The van der Waals surface area contributed by atoms with Crippen molar-refractivity contribution >= 4 is 5.91 Å². The fourth-order valence-electron chi connectivity index (χ4n) is 1.19. The van der Waals surface area contributed by atoms with Gasteiger partial charge in [0.25, 0.3) is 5.91 Å². The number of phenolic OH excluding ortho intramolecular Hbond substituents is 1. The van der Waals surface area contributed by atoms with Crippen molar-refractivity contribution in [3.05, 3.63) is 29.8 Å². The summed E-state index contributed by atoms with van der Waals surface area (Å²) >= 11 is 0. The molecule has 0 heterocycles. The van der Waals surface area contributed by atoms with Gasteiger partial charge in [0.15, 0.2) is 0 Å². The Morgan fingerprint density at radius 1 is 1.40 bits per heavy atom. The van der Waals surface area contributed by atoms with Crippen molar-refractivity contribution in [3.63, 3.8) is 0 Å². The molecule has 0 spiro atoms. The summed E-state index contributed by atoms with van der Waals surface area (Å²) in [6.45, 7) is 4.24. The van der Waals surface area contributed by atoms with Gasteiger partial charge < -0.3 is 15.7 Å². The number of hydrogen-bond acceptors (Lipinski definition) is 3. The van der Waals surface area contributed by atoms with Crippen LogP contribution in [-0.2, 0) is 0 Å². The Balaban J connectivity index is 2.40. The van der Waals surface area contributed by atoms with E-state index in [-0.39, 0.29) is 11.7 Å². The number of benzene rings is 1. The van der Waals surface area contributed by atoms with Crippen LogP contribution in [0.3, 0.4) is 0 Å². The maximum absolute atomic E-state index is 11.5. The summed E-state index contributed by atoms with van der Waals surface area (Å²) in [6, 6.07) is 6.30. The maximum atomic E-state index is 11.5. The van der Waals surface area contributed by atoms with Crippen LogP contribution in [-0.4, -0.2) is 30.6 Å². The number of carbonyl (C=O) groups excluding carboxylic acids is 1. The number of phenols is 1. The predicted molar refractivity (Wildman–Crippen MR) is 59.0 cm³/mol. The monoisotopic (exact) mass is 208 g/mol. The summed E-state index contributed by atoms with van der Waals surface area (Å²) in [5, 5.41) is 15.0. The highest BCUT2D eigenvalue weighted by Crippen LogP contribution is 2.10. The molecule has 0 saturated heterocycles. The van der Waals surface area contributed by atoms with Crippen LogP contribution >= 0.6 is 0 Å². The number of aromatic hydroxyl groups is 1. The van der Waals surface area contributed by atoms with E-state index in [0.717, 1.165) is 13.1 Å². The van der Waals surface area contributed by atoms with Crippen LogP contribution in [0, 0.1) is 0 Å². The van der Waals surface area contributed by atoms with Crippen LogP contribution in [0.15, 0.2) is 24.3 Å². The van der Waals surface area contributed by atoms with Crippen molar-refractivity contribution in [2.75, 3.05) is 19.6 Å². The van der Waals surface area contributed by atoms with Crippen molar-refractivity contribution in [2.24, 2.45) is 0 Å². The molecule has 1 rings (SSSR count). The van der Waals surface area contributed by atoms with Gasteiger partial charge in [-0.3, -0.25) is 4.79 Å². The summed E-state index contributed by atoms with van der Waals surface area (Å²) in [6.07, 6.45) is 0. The van der Waals surface area contributed by atoms with Crippen LogP contribution in [0.25, 0.3) is 0 Å². The van der Waals surface area contributed by atoms with Crippen LogP contribution in [0.1, 0.15) is 17.3 Å². The molecule has 0 aliphatic heterocycles. The van der Waals surface area contributed by atoms with Crippen molar-refractivity contribution in [1.29, 1.82) is 0 Å². The molecule has 4 heteroatoms. The molecule has 1 amide bonds. The van der Waals surface area contributed by atoms with E-state index in [9.17, 15) is 9.90 Å². The van der Waals surface area contributed by atoms with Crippen molar-refractivity contribution < 1.29 is 9.90 Å². The Labute approximate surface area is 89.3 Å². The number of likely N-dealkylation sites (N-methyl/N-ethyl adjacent to an activating group) is 1. The molecule has 0 radical (unpaired) electrons. The Bertz CT molecular complexity index is 326. The standard InChI is InChI=1S/C11H16N2O2/c1-2-12-6-7-13-11(15)9-4-3-5-10(14)8-9/h3-5,8,12,14H,2,6-7H2,1H3,(H,13,15). The predicted octanol–water partition coefficient (Wildman–Crippen LogP) is 0.731. The Hall–Kier alpha value is -1.55. The third kappa shape index (κ3) is 3.99. The second kappa shape index (κ2) is 6.03. The van der Waals surface area contributed by atoms with E-state index >= 15 is 0 Å². The lowest BCUT2D eigenvalue weighted by Gasteiger charge is -2.05. The quantitative estimate of drug-likeness (QED) is 0.625. The Morgan fingerprint density at radius 3 is 2.87 bits per heavy atom. The Kier molecular flexibility index (Phi) is 4.63. The van der Waals surface area contributed by atoms with Gasteiger partial charge in [0.2, 0.25) is 0 Å². The van der Waals surface area contributed by atoms with E-state index in [1.54, 1.807) is 12.1 Å². The summed E-state index contributed by atoms with van der Waals surface area (Å²) in [5.74, 6) is -0.0573. The molecule has 0 bridgehead atoms. The van der Waals surface area contributed by atoms with Gasteiger partial charge in [-0.15, -0.1) is 0 Å². The zero-order valence-corrected chi connectivity index (χ0v) is 8.79. The first-order valence-corrected chi connectivity index (χ1v) is 5.02. The van der Waals surface area contributed by atoms with Crippen molar-refractivity contribution in [1.82, 2.24) is 10.6 Å². The minimum atomic E-state index is -0.163. The van der Waals surface area contributed by atoms with Crippen molar-refractivity contribution in [2.45, 2.75) is 6.92 Å². The first kappa shape index (κ1) is 11.5. The number of hydrogen-bond donors (Lipinski definition) is 3. The molecule has 82 valence electrons. The van der Waals surface area contributed by atoms with E-state index in [0.29, 0.717) is 12.1 Å². The maximum Gasteiger partial charge on any atom is 0.251 e. The number of carbonyl (C=O) groups is 1. The molecule has 1 aromatic rings. The fourth-order valence-corrected chi connectivity index (χ4v) is 1.19. The second-order valence-electron chi connectivity index (χ2n) is 3.16. The molecule has 15 heavy (non-hydrogen) atoms. The highest BCUT2D eigenvalue weighted by Gasteiger charge is 2.04. The van der Waals surface area contributed by atoms with Crippen LogP contribution in [0.5, 0.6) is 5.75 Å². The normalized spacial score (nSPS) is 9.93. The van der Waals surface area contributed by atoms with Crippen LogP contribution < -0.4 is 10.6 Å². The highest BCUT2D eigenvalue weighted by molar-refractivity contribution is 5.94. The summed E-state index contributed by atoms with van der Waals surface area (Å²) in [4.78, 5) is 11.5. The van der Waals surface area contributed by atoms with Crippen molar-refractivity contribution in [3.8, 4) is 5.75 Å². The van der Waals surface area contributed by atoms with E-state index < -0.39 is 0 Å². The van der Waals surface area contributed by atoms with Crippen LogP contribution in [0.2, 0.25) is 0 Å². The molecule has 0 atom stereocenters. The van der Waals surface area contributed by atoms with Gasteiger partial charge in [0, 0.05) is 18.7 Å². The highest BCUT2D eigenvalue weighted by atomic mass is 16.3. The molecule has 1 aromatic carbocycles. The lowest BCUT2D eigenvalue weighted by molar-refractivity contribution is 0.0953. The summed E-state index contributed by atoms with van der Waals surface area (Å²) in [7, 11) is 0. The van der Waals surface area contributed by atoms with Gasteiger partial charge in [0.05, 0.1) is 0 Å². The van der Waals surface area contributed by atoms with E-state index in [2.05, 4.69) is 10.6 Å². The fraction of sp³-hybridized carbons (Fsp3) is 0.364. The van der Waals surface area contributed by atoms with Gasteiger partial charge in [-0.1, -0.05) is 13.0 Å². The average Bonchev–Trinajstić information content (AvgIpc) is 2.24. The third-order valence-electron chi connectivity index (χ3n) is 1.95. The van der Waals surface area contributed by atoms with E-state index in [1.165, 1.54) is 12.1 Å². The topological polar surface area (TPSA) is 61.4 Å². The van der Waals surface area contributed by atoms with E-state index in [1.807, 2.05) is 6.92 Å². The molecule has 0 aromatic heterocycles. The first-order valence-electron chi connectivity index (χ1n) is 5.02. The molecule has 4 nitrogen and oxygen atoms in total. The zero-order valence-electron chi connectivity index (χ0n) is 8.79. The van der Waals surface area contributed by atoms with Gasteiger partial charge in [-0.25, -0.2) is 0 Å². The van der Waals surface area contributed by atoms with Gasteiger partial charge in [-0.2, -0.15) is 0 Å². The summed E-state index contributed by atoms with van der Waals surface area (Å²) in [5.41, 5.74) is 0.478. The molecule has 0 aliphatic carbocycles. The Morgan fingerprint density at radius 2 is 2.20 bits per heavy atom. The molecule has 0 unspecified atom stereocenters. The number of rotatable bonds is 5. The smallest absolute Gasteiger partial charge is 0.251 e.